The van der Waals surface area contributed by atoms with E-state index in [1.54, 1.807) is 18.2 Å². The molecule has 3 aromatic rings. The normalized spacial score (nSPS) is 13.0. The van der Waals surface area contributed by atoms with Crippen LogP contribution in [0.5, 0.6) is 11.5 Å². The van der Waals surface area contributed by atoms with E-state index in [1.807, 2.05) is 0 Å². The summed E-state index contributed by atoms with van der Waals surface area (Å²) in [6, 6.07) is 8.98. The smallest absolute Gasteiger partial charge is 0.387 e. The van der Waals surface area contributed by atoms with E-state index < -0.39 is 18.5 Å². The molecule has 0 saturated heterocycles. The minimum absolute atomic E-state index is 0.00432. The second-order valence-electron chi connectivity index (χ2n) is 7.79. The van der Waals surface area contributed by atoms with Crippen molar-refractivity contribution in [3.05, 3.63) is 58.4 Å². The molecule has 1 aliphatic carbocycles. The fraction of sp³-hybridized carbons (Fsp3) is 0.304. The van der Waals surface area contributed by atoms with Crippen molar-refractivity contribution < 1.29 is 33.0 Å². The van der Waals surface area contributed by atoms with Crippen molar-refractivity contribution in [3.8, 4) is 22.1 Å². The lowest BCUT2D eigenvalue weighted by atomic mass is 10.2. The molecule has 0 unspecified atom stereocenters. The van der Waals surface area contributed by atoms with E-state index in [0.29, 0.717) is 33.7 Å². The molecule has 0 spiro atoms. The largest absolute Gasteiger partial charge is 0.489 e. The van der Waals surface area contributed by atoms with Gasteiger partial charge in [-0.2, -0.15) is 8.78 Å². The van der Waals surface area contributed by atoms with Crippen LogP contribution in [-0.4, -0.2) is 40.2 Å². The van der Waals surface area contributed by atoms with Crippen molar-refractivity contribution in [2.75, 3.05) is 6.61 Å². The first kappa shape index (κ1) is 24.5. The fourth-order valence-corrected chi connectivity index (χ4v) is 4.12. The number of aromatic carboxylic acids is 1. The highest BCUT2D eigenvalue weighted by atomic mass is 32.1. The lowest BCUT2D eigenvalue weighted by Gasteiger charge is -2.13. The van der Waals surface area contributed by atoms with E-state index in [4.69, 9.17) is 15.6 Å². The monoisotopic (exact) mass is 504 g/mol. The molecule has 9 nitrogen and oxygen atoms in total. The number of hydrogen-bond acceptors (Lipinski definition) is 8. The molecular formula is C23H22F2N4O5S. The molecule has 4 rings (SSSR count). The number of amides is 1. The third kappa shape index (κ3) is 6.28. The summed E-state index contributed by atoms with van der Waals surface area (Å²) in [5, 5.41) is 12.2. The fourth-order valence-electron chi connectivity index (χ4n) is 3.18. The standard InChI is InChI=1S/C23H22F2N4O5S/c24-23(25)34-16-7-6-13(8-17(16)33-11-12-4-5-12)21-29-19(18(9-26)35-21)20(30)27-10-14-2-1-3-15(28-14)22(31)32/h1-3,6-8,12,23H,4-5,9-11,26H2,(H,27,30)(H,31,32). The molecule has 0 bridgehead atoms. The number of pyridine rings is 1. The van der Waals surface area contributed by atoms with Crippen LogP contribution in [0, 0.1) is 5.92 Å². The number of carboxylic acid groups (broad SMARTS) is 1. The summed E-state index contributed by atoms with van der Waals surface area (Å²) in [5.74, 6) is -1.16. The van der Waals surface area contributed by atoms with Gasteiger partial charge < -0.3 is 25.6 Å². The zero-order valence-electron chi connectivity index (χ0n) is 18.4. The number of halogens is 2. The molecule has 184 valence electrons. The Kier molecular flexibility index (Phi) is 7.51. The maximum absolute atomic E-state index is 12.8. The van der Waals surface area contributed by atoms with Gasteiger partial charge in [-0.25, -0.2) is 14.8 Å². The number of aromatic nitrogens is 2. The van der Waals surface area contributed by atoms with Crippen molar-refractivity contribution in [3.63, 3.8) is 0 Å². The Hall–Kier alpha value is -3.64. The van der Waals surface area contributed by atoms with Gasteiger partial charge in [0.2, 0.25) is 0 Å². The van der Waals surface area contributed by atoms with Gasteiger partial charge in [-0.15, -0.1) is 11.3 Å². The first-order chi connectivity index (χ1) is 16.8. The summed E-state index contributed by atoms with van der Waals surface area (Å²) < 4.78 is 35.9. The molecule has 0 aliphatic heterocycles. The van der Waals surface area contributed by atoms with Crippen molar-refractivity contribution in [1.29, 1.82) is 0 Å². The minimum Gasteiger partial charge on any atom is -0.489 e. The molecular weight excluding hydrogens is 482 g/mol. The maximum Gasteiger partial charge on any atom is 0.387 e. The predicted molar refractivity (Wildman–Crippen MR) is 123 cm³/mol. The highest BCUT2D eigenvalue weighted by Gasteiger charge is 2.24. The molecule has 1 saturated carbocycles. The first-order valence-corrected chi connectivity index (χ1v) is 11.5. The van der Waals surface area contributed by atoms with Crippen LogP contribution >= 0.6 is 11.3 Å². The summed E-state index contributed by atoms with van der Waals surface area (Å²) >= 11 is 1.20. The minimum atomic E-state index is -2.99. The van der Waals surface area contributed by atoms with Crippen LogP contribution in [0.3, 0.4) is 0 Å². The zero-order chi connectivity index (χ0) is 24.9. The Balaban J connectivity index is 1.53. The van der Waals surface area contributed by atoms with Gasteiger partial charge in [0.15, 0.2) is 11.5 Å². The van der Waals surface area contributed by atoms with Crippen LogP contribution in [0.15, 0.2) is 36.4 Å². The summed E-state index contributed by atoms with van der Waals surface area (Å²) in [7, 11) is 0. The lowest BCUT2D eigenvalue weighted by Crippen LogP contribution is -2.25. The third-order valence-corrected chi connectivity index (χ3v) is 6.26. The lowest BCUT2D eigenvalue weighted by molar-refractivity contribution is -0.0515. The Labute approximate surface area is 202 Å². The van der Waals surface area contributed by atoms with Crippen molar-refractivity contribution in [2.45, 2.75) is 32.5 Å². The average Bonchev–Trinajstić information content (AvgIpc) is 3.57. The number of ether oxygens (including phenoxy) is 2. The van der Waals surface area contributed by atoms with Crippen molar-refractivity contribution in [2.24, 2.45) is 11.7 Å². The SMILES string of the molecule is NCc1sc(-c2ccc(OC(F)F)c(OCC3CC3)c2)nc1C(=O)NCc1cccc(C(=O)O)n1. The van der Waals surface area contributed by atoms with Crippen LogP contribution in [0.1, 0.15) is 44.4 Å². The van der Waals surface area contributed by atoms with Gasteiger partial charge in [0, 0.05) is 12.1 Å². The van der Waals surface area contributed by atoms with E-state index in [0.717, 1.165) is 12.8 Å². The Bertz CT molecular complexity index is 1230. The van der Waals surface area contributed by atoms with Gasteiger partial charge in [0.1, 0.15) is 16.4 Å². The first-order valence-electron chi connectivity index (χ1n) is 10.7. The van der Waals surface area contributed by atoms with Gasteiger partial charge in [-0.3, -0.25) is 4.79 Å². The van der Waals surface area contributed by atoms with Crippen LogP contribution < -0.4 is 20.5 Å². The van der Waals surface area contributed by atoms with E-state index in [9.17, 15) is 18.4 Å². The van der Waals surface area contributed by atoms with Gasteiger partial charge in [0.05, 0.1) is 23.7 Å². The number of nitrogens with one attached hydrogen (secondary N) is 1. The van der Waals surface area contributed by atoms with Gasteiger partial charge in [0.25, 0.3) is 5.91 Å². The third-order valence-electron chi connectivity index (χ3n) is 5.13. The highest BCUT2D eigenvalue weighted by Crippen LogP contribution is 2.38. The Morgan fingerprint density at radius 3 is 2.69 bits per heavy atom. The van der Waals surface area contributed by atoms with Crippen LogP contribution in [-0.2, 0) is 13.1 Å². The van der Waals surface area contributed by atoms with Crippen molar-refractivity contribution in [1.82, 2.24) is 15.3 Å². The molecule has 12 heteroatoms. The van der Waals surface area contributed by atoms with Crippen molar-refractivity contribution >= 4 is 23.2 Å². The molecule has 0 radical (unpaired) electrons. The summed E-state index contributed by atoms with van der Waals surface area (Å²) in [6.07, 6.45) is 2.07. The molecule has 4 N–H and O–H groups in total. The topological polar surface area (TPSA) is 137 Å². The second kappa shape index (κ2) is 10.7. The molecule has 1 fully saturated rings. The summed E-state index contributed by atoms with van der Waals surface area (Å²) in [5.41, 5.74) is 6.74. The Morgan fingerprint density at radius 2 is 2.00 bits per heavy atom. The number of nitrogens with two attached hydrogens (primary N) is 1. The molecule has 2 aromatic heterocycles. The number of nitrogens with zero attached hydrogens (tertiary/aromatic N) is 2. The Morgan fingerprint density at radius 1 is 1.20 bits per heavy atom. The van der Waals surface area contributed by atoms with E-state index in [-0.39, 0.29) is 36.0 Å². The van der Waals surface area contributed by atoms with E-state index in [2.05, 4.69) is 20.0 Å². The molecule has 1 aromatic carbocycles. The number of benzene rings is 1. The van der Waals surface area contributed by atoms with Crippen LogP contribution in [0.2, 0.25) is 0 Å². The molecule has 35 heavy (non-hydrogen) atoms. The van der Waals surface area contributed by atoms with E-state index >= 15 is 0 Å². The predicted octanol–water partition coefficient (Wildman–Crippen LogP) is 3.68. The molecule has 1 amide bonds. The number of carbonyl (C=O) groups is 2. The number of rotatable bonds is 11. The quantitative estimate of drug-likeness (QED) is 0.360. The number of thiazole rings is 1. The summed E-state index contributed by atoms with van der Waals surface area (Å²) in [6.45, 7) is -2.53. The molecule has 2 heterocycles. The number of carbonyl (C=O) groups excluding carboxylic acids is 1. The van der Waals surface area contributed by atoms with Gasteiger partial charge in [-0.05, 0) is 49.1 Å². The number of hydrogen-bond donors (Lipinski definition) is 3. The van der Waals surface area contributed by atoms with Crippen LogP contribution in [0.4, 0.5) is 8.78 Å². The average molecular weight is 505 g/mol. The van der Waals surface area contributed by atoms with Gasteiger partial charge in [-0.1, -0.05) is 6.07 Å². The summed E-state index contributed by atoms with van der Waals surface area (Å²) in [4.78, 5) is 32.8. The highest BCUT2D eigenvalue weighted by molar-refractivity contribution is 7.15. The van der Waals surface area contributed by atoms with E-state index in [1.165, 1.54) is 29.5 Å². The zero-order valence-corrected chi connectivity index (χ0v) is 19.2. The second-order valence-corrected chi connectivity index (χ2v) is 8.87. The molecule has 1 aliphatic rings. The van der Waals surface area contributed by atoms with Gasteiger partial charge >= 0.3 is 12.6 Å². The number of alkyl halides is 2. The molecule has 0 atom stereocenters. The number of carboxylic acids is 1. The van der Waals surface area contributed by atoms with Crippen LogP contribution in [0.25, 0.3) is 10.6 Å². The maximum atomic E-state index is 12.8.